The Morgan fingerprint density at radius 1 is 1.31 bits per heavy atom. The lowest BCUT2D eigenvalue weighted by atomic mass is 10.2. The standard InChI is InChI=1S/C12H14N2OS/c1-8(2)13-12(15)14-10-3-4-11-9(7-10)5-6-16-11/h3-8H,1-2H3,(H2,13,14,15). The summed E-state index contributed by atoms with van der Waals surface area (Å²) in [5.74, 6) is 0. The summed E-state index contributed by atoms with van der Waals surface area (Å²) in [7, 11) is 0. The molecule has 0 saturated heterocycles. The van der Waals surface area contributed by atoms with Crippen LogP contribution in [-0.2, 0) is 0 Å². The SMILES string of the molecule is CC(C)NC(=O)Nc1ccc2sccc2c1. The van der Waals surface area contributed by atoms with E-state index in [-0.39, 0.29) is 12.1 Å². The minimum atomic E-state index is -0.162. The Balaban J connectivity index is 2.11. The predicted molar refractivity (Wildman–Crippen MR) is 69.1 cm³/mol. The number of amides is 2. The molecule has 0 atom stereocenters. The number of benzene rings is 1. The molecule has 84 valence electrons. The molecule has 0 unspecified atom stereocenters. The average Bonchev–Trinajstić information content (AvgIpc) is 2.63. The van der Waals surface area contributed by atoms with Crippen molar-refractivity contribution < 1.29 is 4.79 Å². The van der Waals surface area contributed by atoms with Crippen molar-refractivity contribution in [3.8, 4) is 0 Å². The number of hydrogen-bond donors (Lipinski definition) is 2. The highest BCUT2D eigenvalue weighted by atomic mass is 32.1. The summed E-state index contributed by atoms with van der Waals surface area (Å²) in [5, 5.41) is 8.80. The fraction of sp³-hybridized carbons (Fsp3) is 0.250. The van der Waals surface area contributed by atoms with E-state index in [1.165, 1.54) is 4.70 Å². The maximum absolute atomic E-state index is 11.5. The number of rotatable bonds is 2. The molecule has 0 spiro atoms. The molecule has 1 heterocycles. The molecular weight excluding hydrogens is 220 g/mol. The lowest BCUT2D eigenvalue weighted by Gasteiger charge is -2.09. The highest BCUT2D eigenvalue weighted by Crippen LogP contribution is 2.23. The topological polar surface area (TPSA) is 41.1 Å². The van der Waals surface area contributed by atoms with E-state index in [1.807, 2.05) is 43.5 Å². The van der Waals surface area contributed by atoms with Crippen molar-refractivity contribution in [3.63, 3.8) is 0 Å². The lowest BCUT2D eigenvalue weighted by Crippen LogP contribution is -2.34. The second-order valence-electron chi connectivity index (χ2n) is 3.93. The van der Waals surface area contributed by atoms with E-state index in [1.54, 1.807) is 11.3 Å². The Kier molecular flexibility index (Phi) is 3.10. The normalized spacial score (nSPS) is 10.7. The number of nitrogens with one attached hydrogen (secondary N) is 2. The van der Waals surface area contributed by atoms with Gasteiger partial charge in [-0.3, -0.25) is 0 Å². The molecule has 0 bridgehead atoms. The van der Waals surface area contributed by atoms with E-state index in [9.17, 15) is 4.79 Å². The van der Waals surface area contributed by atoms with E-state index in [0.717, 1.165) is 11.1 Å². The van der Waals surface area contributed by atoms with Crippen molar-refractivity contribution in [1.82, 2.24) is 5.32 Å². The zero-order chi connectivity index (χ0) is 11.5. The van der Waals surface area contributed by atoms with E-state index in [2.05, 4.69) is 10.6 Å². The lowest BCUT2D eigenvalue weighted by molar-refractivity contribution is 0.250. The van der Waals surface area contributed by atoms with Crippen LogP contribution in [0.2, 0.25) is 0 Å². The Labute approximate surface area is 98.5 Å². The number of urea groups is 1. The first-order valence-corrected chi connectivity index (χ1v) is 6.08. The van der Waals surface area contributed by atoms with Gasteiger partial charge in [-0.15, -0.1) is 11.3 Å². The molecule has 0 saturated carbocycles. The van der Waals surface area contributed by atoms with E-state index < -0.39 is 0 Å². The summed E-state index contributed by atoms with van der Waals surface area (Å²) < 4.78 is 1.23. The molecule has 2 N–H and O–H groups in total. The van der Waals surface area contributed by atoms with Gasteiger partial charge >= 0.3 is 6.03 Å². The van der Waals surface area contributed by atoms with Gasteiger partial charge in [0.2, 0.25) is 0 Å². The predicted octanol–water partition coefficient (Wildman–Crippen LogP) is 3.43. The van der Waals surface area contributed by atoms with Gasteiger partial charge in [0, 0.05) is 16.4 Å². The summed E-state index contributed by atoms with van der Waals surface area (Å²) >= 11 is 1.70. The van der Waals surface area contributed by atoms with Crippen LogP contribution in [0.15, 0.2) is 29.6 Å². The fourth-order valence-electron chi connectivity index (χ4n) is 1.47. The molecule has 0 radical (unpaired) electrons. The Morgan fingerprint density at radius 3 is 2.88 bits per heavy atom. The number of hydrogen-bond acceptors (Lipinski definition) is 2. The van der Waals surface area contributed by atoms with Crippen molar-refractivity contribution in [1.29, 1.82) is 0 Å². The largest absolute Gasteiger partial charge is 0.336 e. The summed E-state index contributed by atoms with van der Waals surface area (Å²) in [6.45, 7) is 3.86. The van der Waals surface area contributed by atoms with Gasteiger partial charge < -0.3 is 10.6 Å². The third kappa shape index (κ3) is 2.52. The quantitative estimate of drug-likeness (QED) is 0.821. The smallest absolute Gasteiger partial charge is 0.319 e. The molecule has 0 aliphatic carbocycles. The number of anilines is 1. The fourth-order valence-corrected chi connectivity index (χ4v) is 2.24. The Morgan fingerprint density at radius 2 is 2.12 bits per heavy atom. The molecule has 3 nitrogen and oxygen atoms in total. The molecule has 0 aliphatic rings. The van der Waals surface area contributed by atoms with Crippen LogP contribution in [0, 0.1) is 0 Å². The van der Waals surface area contributed by atoms with Crippen molar-refractivity contribution in [3.05, 3.63) is 29.6 Å². The Hall–Kier alpha value is -1.55. The minimum Gasteiger partial charge on any atom is -0.336 e. The van der Waals surface area contributed by atoms with Crippen molar-refractivity contribution in [2.75, 3.05) is 5.32 Å². The number of carbonyl (C=O) groups is 1. The van der Waals surface area contributed by atoms with Crippen molar-refractivity contribution in [2.24, 2.45) is 0 Å². The molecule has 2 amide bonds. The van der Waals surface area contributed by atoms with Gasteiger partial charge in [-0.05, 0) is 48.9 Å². The van der Waals surface area contributed by atoms with Crippen LogP contribution < -0.4 is 10.6 Å². The highest BCUT2D eigenvalue weighted by molar-refractivity contribution is 7.17. The summed E-state index contributed by atoms with van der Waals surface area (Å²) in [6.07, 6.45) is 0. The van der Waals surface area contributed by atoms with Crippen molar-refractivity contribution >= 4 is 33.1 Å². The van der Waals surface area contributed by atoms with Gasteiger partial charge in [-0.2, -0.15) is 0 Å². The van der Waals surface area contributed by atoms with E-state index in [4.69, 9.17) is 0 Å². The van der Waals surface area contributed by atoms with Crippen LogP contribution in [0.5, 0.6) is 0 Å². The molecule has 0 fully saturated rings. The maximum Gasteiger partial charge on any atom is 0.319 e. The second kappa shape index (κ2) is 4.53. The van der Waals surface area contributed by atoms with Crippen LogP contribution in [0.4, 0.5) is 10.5 Å². The Bertz CT molecular complexity index is 504. The average molecular weight is 234 g/mol. The monoisotopic (exact) mass is 234 g/mol. The highest BCUT2D eigenvalue weighted by Gasteiger charge is 2.03. The molecule has 1 aromatic carbocycles. The van der Waals surface area contributed by atoms with Crippen molar-refractivity contribution in [2.45, 2.75) is 19.9 Å². The van der Waals surface area contributed by atoms with Crippen LogP contribution in [0.25, 0.3) is 10.1 Å². The van der Waals surface area contributed by atoms with E-state index in [0.29, 0.717) is 0 Å². The summed E-state index contributed by atoms with van der Waals surface area (Å²) in [6, 6.07) is 7.94. The maximum atomic E-state index is 11.5. The third-order valence-electron chi connectivity index (χ3n) is 2.13. The van der Waals surface area contributed by atoms with Gasteiger partial charge in [0.15, 0.2) is 0 Å². The van der Waals surface area contributed by atoms with Crippen LogP contribution in [-0.4, -0.2) is 12.1 Å². The van der Waals surface area contributed by atoms with Gasteiger partial charge in [0.25, 0.3) is 0 Å². The molecule has 1 aromatic heterocycles. The van der Waals surface area contributed by atoms with Gasteiger partial charge in [0.1, 0.15) is 0 Å². The minimum absolute atomic E-state index is 0.143. The first kappa shape index (κ1) is 11.0. The zero-order valence-electron chi connectivity index (χ0n) is 9.28. The van der Waals surface area contributed by atoms with Crippen LogP contribution in [0.3, 0.4) is 0 Å². The van der Waals surface area contributed by atoms with Crippen LogP contribution >= 0.6 is 11.3 Å². The molecule has 16 heavy (non-hydrogen) atoms. The molecule has 0 aliphatic heterocycles. The second-order valence-corrected chi connectivity index (χ2v) is 4.87. The third-order valence-corrected chi connectivity index (χ3v) is 3.03. The number of fused-ring (bicyclic) bond motifs is 1. The summed E-state index contributed by atoms with van der Waals surface area (Å²) in [4.78, 5) is 11.5. The zero-order valence-corrected chi connectivity index (χ0v) is 10.1. The summed E-state index contributed by atoms with van der Waals surface area (Å²) in [5.41, 5.74) is 0.823. The molecule has 4 heteroatoms. The first-order valence-electron chi connectivity index (χ1n) is 5.20. The first-order chi connectivity index (χ1) is 7.65. The van der Waals surface area contributed by atoms with Crippen LogP contribution in [0.1, 0.15) is 13.8 Å². The molecule has 2 rings (SSSR count). The van der Waals surface area contributed by atoms with Gasteiger partial charge in [-0.25, -0.2) is 4.79 Å². The van der Waals surface area contributed by atoms with E-state index >= 15 is 0 Å². The number of carbonyl (C=O) groups excluding carboxylic acids is 1. The molecule has 2 aromatic rings. The van der Waals surface area contributed by atoms with Gasteiger partial charge in [0.05, 0.1) is 0 Å². The number of thiophene rings is 1. The molecular formula is C12H14N2OS. The van der Waals surface area contributed by atoms with Gasteiger partial charge in [-0.1, -0.05) is 0 Å².